The Hall–Kier alpha value is -1.10. The number of methoxy groups -OCH3 is 1. The molecular formula is C17H27NO3. The van der Waals surface area contributed by atoms with Crippen LogP contribution in [0, 0.1) is 5.92 Å². The van der Waals surface area contributed by atoms with E-state index in [-0.39, 0.29) is 6.29 Å². The van der Waals surface area contributed by atoms with E-state index in [1.54, 1.807) is 7.11 Å². The molecule has 1 saturated carbocycles. The van der Waals surface area contributed by atoms with Crippen LogP contribution in [0.4, 0.5) is 0 Å². The van der Waals surface area contributed by atoms with Crippen molar-refractivity contribution in [2.24, 2.45) is 5.92 Å². The molecule has 21 heavy (non-hydrogen) atoms. The molecule has 1 atom stereocenters. The van der Waals surface area contributed by atoms with Gasteiger partial charge in [0.1, 0.15) is 5.75 Å². The zero-order valence-electron chi connectivity index (χ0n) is 13.3. The highest BCUT2D eigenvalue weighted by atomic mass is 16.7. The molecule has 0 amide bonds. The van der Waals surface area contributed by atoms with Crippen molar-refractivity contribution >= 4 is 0 Å². The van der Waals surface area contributed by atoms with Crippen molar-refractivity contribution in [2.75, 3.05) is 26.9 Å². The van der Waals surface area contributed by atoms with Crippen molar-refractivity contribution in [1.29, 1.82) is 0 Å². The molecule has 1 N–H and O–H groups in total. The van der Waals surface area contributed by atoms with Crippen LogP contribution in [-0.4, -0.2) is 33.2 Å². The second-order valence-electron chi connectivity index (χ2n) is 5.34. The highest BCUT2D eigenvalue weighted by molar-refractivity contribution is 5.30. The highest BCUT2D eigenvalue weighted by Crippen LogP contribution is 2.41. The zero-order valence-corrected chi connectivity index (χ0v) is 13.3. The maximum atomic E-state index is 5.60. The molecule has 0 heterocycles. The molecule has 1 fully saturated rings. The lowest BCUT2D eigenvalue weighted by Gasteiger charge is -2.23. The molecule has 0 bridgehead atoms. The average molecular weight is 293 g/mol. The second kappa shape index (κ2) is 8.37. The largest absolute Gasteiger partial charge is 0.497 e. The van der Waals surface area contributed by atoms with Gasteiger partial charge in [-0.3, -0.25) is 0 Å². The third-order valence-corrected chi connectivity index (χ3v) is 3.78. The number of rotatable bonds is 10. The monoisotopic (exact) mass is 293 g/mol. The number of nitrogens with one attached hydrogen (secondary N) is 1. The summed E-state index contributed by atoms with van der Waals surface area (Å²) in [6.07, 6.45) is 2.41. The summed E-state index contributed by atoms with van der Waals surface area (Å²) in [6.45, 7) is 6.04. The van der Waals surface area contributed by atoms with Crippen molar-refractivity contribution in [1.82, 2.24) is 5.32 Å². The third kappa shape index (κ3) is 4.99. The van der Waals surface area contributed by atoms with Gasteiger partial charge in [0.2, 0.25) is 0 Å². The molecule has 0 radical (unpaired) electrons. The molecule has 1 unspecified atom stereocenters. The summed E-state index contributed by atoms with van der Waals surface area (Å²) in [4.78, 5) is 0. The molecule has 0 spiro atoms. The predicted molar refractivity (Wildman–Crippen MR) is 83.5 cm³/mol. The van der Waals surface area contributed by atoms with Crippen molar-refractivity contribution in [2.45, 2.75) is 39.0 Å². The molecule has 1 aromatic carbocycles. The number of ether oxygens (including phenoxy) is 3. The van der Waals surface area contributed by atoms with Crippen LogP contribution >= 0.6 is 0 Å². The second-order valence-corrected chi connectivity index (χ2v) is 5.34. The summed E-state index contributed by atoms with van der Waals surface area (Å²) in [5, 5.41) is 3.61. The number of hydrogen-bond donors (Lipinski definition) is 1. The van der Waals surface area contributed by atoms with Crippen LogP contribution in [0.3, 0.4) is 0 Å². The molecule has 2 rings (SSSR count). The first-order chi connectivity index (χ1) is 10.3. The van der Waals surface area contributed by atoms with E-state index in [2.05, 4.69) is 17.4 Å². The van der Waals surface area contributed by atoms with Crippen LogP contribution in [0.2, 0.25) is 0 Å². The van der Waals surface area contributed by atoms with E-state index >= 15 is 0 Å². The first-order valence-electron chi connectivity index (χ1n) is 7.89. The Morgan fingerprint density at radius 2 is 1.71 bits per heavy atom. The summed E-state index contributed by atoms with van der Waals surface area (Å²) in [7, 11) is 1.69. The van der Waals surface area contributed by atoms with Crippen LogP contribution in [0.1, 0.15) is 38.3 Å². The van der Waals surface area contributed by atoms with Gasteiger partial charge in [-0.25, -0.2) is 0 Å². The van der Waals surface area contributed by atoms with Gasteiger partial charge in [0.15, 0.2) is 6.29 Å². The fourth-order valence-electron chi connectivity index (χ4n) is 2.56. The Balaban J connectivity index is 1.94. The zero-order chi connectivity index (χ0) is 15.1. The maximum Gasteiger partial charge on any atom is 0.169 e. The molecule has 118 valence electrons. The van der Waals surface area contributed by atoms with Crippen LogP contribution in [0.25, 0.3) is 0 Å². The normalized spacial score (nSPS) is 16.2. The standard InChI is InChI=1S/C17H27NO3/c1-4-20-16(21-5-2)12-18-17(13-6-7-13)14-8-10-15(19-3)11-9-14/h8-11,13,16-18H,4-7,12H2,1-3H3. The summed E-state index contributed by atoms with van der Waals surface area (Å²) in [5.74, 6) is 1.62. The Bertz CT molecular complexity index is 397. The minimum absolute atomic E-state index is 0.167. The Morgan fingerprint density at radius 3 is 2.19 bits per heavy atom. The van der Waals surface area contributed by atoms with Crippen molar-refractivity contribution in [3.05, 3.63) is 29.8 Å². The Kier molecular flexibility index (Phi) is 6.49. The first kappa shape index (κ1) is 16.3. The van der Waals surface area contributed by atoms with Crippen LogP contribution in [0.5, 0.6) is 5.75 Å². The van der Waals surface area contributed by atoms with Gasteiger partial charge in [0.05, 0.1) is 7.11 Å². The molecule has 1 aromatic rings. The van der Waals surface area contributed by atoms with Gasteiger partial charge >= 0.3 is 0 Å². The number of benzene rings is 1. The van der Waals surface area contributed by atoms with E-state index < -0.39 is 0 Å². The molecule has 4 heteroatoms. The first-order valence-corrected chi connectivity index (χ1v) is 7.89. The van der Waals surface area contributed by atoms with E-state index in [1.807, 2.05) is 26.0 Å². The minimum atomic E-state index is -0.167. The molecule has 0 aliphatic heterocycles. The highest BCUT2D eigenvalue weighted by Gasteiger charge is 2.32. The SMILES string of the molecule is CCOC(CNC(c1ccc(OC)cc1)C1CC1)OCC. The Labute approximate surface area is 127 Å². The summed E-state index contributed by atoms with van der Waals surface area (Å²) < 4.78 is 16.4. The van der Waals surface area contributed by atoms with Gasteiger partial charge in [0, 0.05) is 25.8 Å². The van der Waals surface area contributed by atoms with E-state index in [0.29, 0.717) is 19.3 Å². The van der Waals surface area contributed by atoms with Gasteiger partial charge in [-0.2, -0.15) is 0 Å². The van der Waals surface area contributed by atoms with E-state index in [4.69, 9.17) is 14.2 Å². The van der Waals surface area contributed by atoms with E-state index in [0.717, 1.165) is 18.2 Å². The van der Waals surface area contributed by atoms with Crippen molar-refractivity contribution in [3.8, 4) is 5.75 Å². The van der Waals surface area contributed by atoms with Gasteiger partial charge in [0.25, 0.3) is 0 Å². The fourth-order valence-corrected chi connectivity index (χ4v) is 2.56. The molecular weight excluding hydrogens is 266 g/mol. The van der Waals surface area contributed by atoms with Crippen molar-refractivity contribution < 1.29 is 14.2 Å². The smallest absolute Gasteiger partial charge is 0.169 e. The summed E-state index contributed by atoms with van der Waals surface area (Å²) in [5.41, 5.74) is 1.31. The third-order valence-electron chi connectivity index (χ3n) is 3.78. The predicted octanol–water partition coefficient (Wildman–Crippen LogP) is 3.14. The average Bonchev–Trinajstić information content (AvgIpc) is 3.33. The Morgan fingerprint density at radius 1 is 1.10 bits per heavy atom. The lowest BCUT2D eigenvalue weighted by Crippen LogP contribution is -2.34. The maximum absolute atomic E-state index is 5.60. The van der Waals surface area contributed by atoms with Gasteiger partial charge in [-0.15, -0.1) is 0 Å². The minimum Gasteiger partial charge on any atom is -0.497 e. The molecule has 0 aromatic heterocycles. The molecule has 0 saturated heterocycles. The topological polar surface area (TPSA) is 39.7 Å². The quantitative estimate of drug-likeness (QED) is 0.673. The summed E-state index contributed by atoms with van der Waals surface area (Å²) >= 11 is 0. The van der Waals surface area contributed by atoms with Crippen molar-refractivity contribution in [3.63, 3.8) is 0 Å². The van der Waals surface area contributed by atoms with E-state index in [1.165, 1.54) is 18.4 Å². The molecule has 1 aliphatic rings. The number of hydrogen-bond acceptors (Lipinski definition) is 4. The molecule has 1 aliphatic carbocycles. The van der Waals surface area contributed by atoms with Crippen LogP contribution in [-0.2, 0) is 9.47 Å². The van der Waals surface area contributed by atoms with Crippen LogP contribution < -0.4 is 10.1 Å². The van der Waals surface area contributed by atoms with Gasteiger partial charge in [-0.05, 0) is 50.3 Å². The fraction of sp³-hybridized carbons (Fsp3) is 0.647. The van der Waals surface area contributed by atoms with E-state index in [9.17, 15) is 0 Å². The lowest BCUT2D eigenvalue weighted by atomic mass is 10.0. The molecule has 4 nitrogen and oxygen atoms in total. The summed E-state index contributed by atoms with van der Waals surface area (Å²) in [6, 6.07) is 8.71. The lowest BCUT2D eigenvalue weighted by molar-refractivity contribution is -0.134. The van der Waals surface area contributed by atoms with Crippen LogP contribution in [0.15, 0.2) is 24.3 Å². The van der Waals surface area contributed by atoms with Gasteiger partial charge in [-0.1, -0.05) is 12.1 Å². The van der Waals surface area contributed by atoms with Gasteiger partial charge < -0.3 is 19.5 Å².